The highest BCUT2D eigenvalue weighted by Crippen LogP contribution is 2.31. The Hall–Kier alpha value is -4.01. The summed E-state index contributed by atoms with van der Waals surface area (Å²) < 4.78 is 11.6. The number of hydrogen-bond donors (Lipinski definition) is 1. The molecule has 8 heteroatoms. The third kappa shape index (κ3) is 5.87. The molecule has 2 aromatic heterocycles. The Balaban J connectivity index is 1.20. The molecule has 39 heavy (non-hydrogen) atoms. The topological polar surface area (TPSA) is 75.6 Å². The van der Waals surface area contributed by atoms with Crippen molar-refractivity contribution in [1.82, 2.24) is 19.9 Å². The average molecular weight is 523 g/mol. The normalized spacial score (nSPS) is 17.5. The minimum Gasteiger partial charge on any atom is -0.473 e. The van der Waals surface area contributed by atoms with E-state index < -0.39 is 0 Å². The molecule has 0 saturated carbocycles. The van der Waals surface area contributed by atoms with Crippen LogP contribution in [-0.4, -0.2) is 59.2 Å². The minimum absolute atomic E-state index is 0.289. The van der Waals surface area contributed by atoms with Crippen LogP contribution in [0.4, 0.5) is 17.3 Å². The van der Waals surface area contributed by atoms with Gasteiger partial charge in [0.1, 0.15) is 18.2 Å². The summed E-state index contributed by atoms with van der Waals surface area (Å²) in [7, 11) is 2.15. The monoisotopic (exact) mass is 522 g/mol. The second-order valence-electron chi connectivity index (χ2n) is 10.2. The van der Waals surface area contributed by atoms with Crippen molar-refractivity contribution in [3.63, 3.8) is 0 Å². The van der Waals surface area contributed by atoms with E-state index in [-0.39, 0.29) is 6.04 Å². The van der Waals surface area contributed by atoms with E-state index in [0.717, 1.165) is 79.2 Å². The lowest BCUT2D eigenvalue weighted by Crippen LogP contribution is -2.45. The van der Waals surface area contributed by atoms with Crippen LogP contribution in [0, 0.1) is 0 Å². The zero-order valence-electron chi connectivity index (χ0n) is 22.5. The predicted molar refractivity (Wildman–Crippen MR) is 153 cm³/mol. The quantitative estimate of drug-likeness (QED) is 0.360. The molecule has 4 aromatic rings. The van der Waals surface area contributed by atoms with Crippen LogP contribution in [0.5, 0.6) is 5.88 Å². The van der Waals surface area contributed by atoms with Crippen molar-refractivity contribution >= 4 is 17.3 Å². The fourth-order valence-electron chi connectivity index (χ4n) is 5.10. The standard InChI is InChI=1S/C31H34N6O2/c1-22-20-38-18-17-37(22)31-26-15-16-36(2)19-27(26)33-30(35-31)24-11-13-25(14-12-24)32-28-9-6-10-29(34-28)39-21-23-7-4-3-5-8-23/h3-14,22H,15-21H2,1-2H3,(H,32,34)/t22-/m0/s1. The van der Waals surface area contributed by atoms with E-state index in [1.165, 1.54) is 5.56 Å². The molecule has 6 rings (SSSR count). The molecular formula is C31H34N6O2. The van der Waals surface area contributed by atoms with Gasteiger partial charge in [-0.05, 0) is 56.3 Å². The van der Waals surface area contributed by atoms with Gasteiger partial charge in [-0.15, -0.1) is 0 Å². The summed E-state index contributed by atoms with van der Waals surface area (Å²) in [5, 5.41) is 3.39. The van der Waals surface area contributed by atoms with Gasteiger partial charge in [0.05, 0.1) is 24.9 Å². The van der Waals surface area contributed by atoms with Crippen LogP contribution < -0.4 is 15.0 Å². The fraction of sp³-hybridized carbons (Fsp3) is 0.323. The van der Waals surface area contributed by atoms with Crippen LogP contribution in [0.1, 0.15) is 23.7 Å². The zero-order valence-corrected chi connectivity index (χ0v) is 22.5. The summed E-state index contributed by atoms with van der Waals surface area (Å²) >= 11 is 0. The van der Waals surface area contributed by atoms with Gasteiger partial charge in [0.25, 0.3) is 0 Å². The Kier molecular flexibility index (Phi) is 7.38. The molecule has 0 unspecified atom stereocenters. The number of likely N-dealkylation sites (N-methyl/N-ethyl adjacent to an activating group) is 1. The molecule has 1 fully saturated rings. The maximum atomic E-state index is 5.89. The number of nitrogens with zero attached hydrogens (tertiary/aromatic N) is 5. The van der Waals surface area contributed by atoms with Crippen molar-refractivity contribution in [2.45, 2.75) is 32.5 Å². The van der Waals surface area contributed by atoms with E-state index in [4.69, 9.17) is 19.4 Å². The molecule has 2 aromatic carbocycles. The number of fused-ring (bicyclic) bond motifs is 1. The molecule has 1 N–H and O–H groups in total. The zero-order chi connectivity index (χ0) is 26.6. The third-order valence-corrected chi connectivity index (χ3v) is 7.24. The van der Waals surface area contributed by atoms with Crippen molar-refractivity contribution < 1.29 is 9.47 Å². The van der Waals surface area contributed by atoms with E-state index in [2.05, 4.69) is 46.2 Å². The van der Waals surface area contributed by atoms with E-state index >= 15 is 0 Å². The molecule has 0 amide bonds. The maximum Gasteiger partial charge on any atom is 0.215 e. The molecule has 2 aliphatic heterocycles. The molecular weight excluding hydrogens is 488 g/mol. The Bertz CT molecular complexity index is 1410. The number of anilines is 3. The lowest BCUT2D eigenvalue weighted by molar-refractivity contribution is 0.0983. The molecule has 200 valence electrons. The lowest BCUT2D eigenvalue weighted by Gasteiger charge is -2.37. The van der Waals surface area contributed by atoms with E-state index in [1.807, 2.05) is 60.7 Å². The Morgan fingerprint density at radius 3 is 2.62 bits per heavy atom. The minimum atomic E-state index is 0.289. The van der Waals surface area contributed by atoms with Crippen LogP contribution in [0.2, 0.25) is 0 Å². The number of rotatable bonds is 7. The highest BCUT2D eigenvalue weighted by atomic mass is 16.5. The van der Waals surface area contributed by atoms with Crippen LogP contribution in [0.15, 0.2) is 72.8 Å². The summed E-state index contributed by atoms with van der Waals surface area (Å²) in [6, 6.07) is 24.3. The molecule has 2 aliphatic rings. The SMILES string of the molecule is C[C@H]1COCCN1c1nc(-c2ccc(Nc3cccc(OCc4ccccc4)n3)cc2)nc2c1CCN(C)C2. The largest absolute Gasteiger partial charge is 0.473 e. The lowest BCUT2D eigenvalue weighted by atomic mass is 10.0. The summed E-state index contributed by atoms with van der Waals surface area (Å²) in [5.74, 6) is 3.14. The van der Waals surface area contributed by atoms with Crippen molar-refractivity contribution in [2.24, 2.45) is 0 Å². The number of morpholine rings is 1. The van der Waals surface area contributed by atoms with Gasteiger partial charge < -0.3 is 24.6 Å². The highest BCUT2D eigenvalue weighted by molar-refractivity contribution is 5.66. The van der Waals surface area contributed by atoms with E-state index in [0.29, 0.717) is 12.5 Å². The third-order valence-electron chi connectivity index (χ3n) is 7.24. The molecule has 0 radical (unpaired) electrons. The number of benzene rings is 2. The summed E-state index contributed by atoms with van der Waals surface area (Å²) in [6.07, 6.45) is 0.968. The van der Waals surface area contributed by atoms with Crippen molar-refractivity contribution in [3.05, 3.63) is 89.6 Å². The van der Waals surface area contributed by atoms with Gasteiger partial charge in [-0.3, -0.25) is 0 Å². The first-order valence-corrected chi connectivity index (χ1v) is 13.6. The number of aromatic nitrogens is 3. The molecule has 0 bridgehead atoms. The predicted octanol–water partition coefficient (Wildman–Crippen LogP) is 5.07. The van der Waals surface area contributed by atoms with E-state index in [9.17, 15) is 0 Å². The second-order valence-corrected chi connectivity index (χ2v) is 10.2. The molecule has 0 aliphatic carbocycles. The van der Waals surface area contributed by atoms with Crippen LogP contribution in [0.3, 0.4) is 0 Å². The Morgan fingerprint density at radius 2 is 1.79 bits per heavy atom. The number of hydrogen-bond acceptors (Lipinski definition) is 8. The Labute approximate surface area is 229 Å². The van der Waals surface area contributed by atoms with Gasteiger partial charge in [-0.25, -0.2) is 9.97 Å². The van der Waals surface area contributed by atoms with Gasteiger partial charge in [0, 0.05) is 42.5 Å². The summed E-state index contributed by atoms with van der Waals surface area (Å²) in [6.45, 7) is 6.85. The van der Waals surface area contributed by atoms with Crippen LogP contribution in [-0.2, 0) is 24.3 Å². The maximum absolute atomic E-state index is 5.89. The molecule has 0 spiro atoms. The highest BCUT2D eigenvalue weighted by Gasteiger charge is 2.28. The van der Waals surface area contributed by atoms with Gasteiger partial charge in [-0.1, -0.05) is 36.4 Å². The molecule has 1 saturated heterocycles. The summed E-state index contributed by atoms with van der Waals surface area (Å²) in [4.78, 5) is 19.5. The second kappa shape index (κ2) is 11.4. The summed E-state index contributed by atoms with van der Waals surface area (Å²) in [5.41, 5.74) is 5.44. The van der Waals surface area contributed by atoms with Crippen molar-refractivity contribution in [1.29, 1.82) is 0 Å². The number of ether oxygens (including phenoxy) is 2. The number of pyridine rings is 1. The average Bonchev–Trinajstić information content (AvgIpc) is 2.97. The van der Waals surface area contributed by atoms with Gasteiger partial charge >= 0.3 is 0 Å². The van der Waals surface area contributed by atoms with E-state index in [1.54, 1.807) is 0 Å². The fourth-order valence-corrected chi connectivity index (χ4v) is 5.10. The molecule has 4 heterocycles. The Morgan fingerprint density at radius 1 is 0.949 bits per heavy atom. The van der Waals surface area contributed by atoms with Gasteiger partial charge in [-0.2, -0.15) is 4.98 Å². The van der Waals surface area contributed by atoms with Gasteiger partial charge in [0.15, 0.2) is 5.82 Å². The van der Waals surface area contributed by atoms with Crippen molar-refractivity contribution in [2.75, 3.05) is 43.6 Å². The molecule has 1 atom stereocenters. The van der Waals surface area contributed by atoms with Crippen molar-refractivity contribution in [3.8, 4) is 17.3 Å². The van der Waals surface area contributed by atoms with Crippen LogP contribution in [0.25, 0.3) is 11.4 Å². The van der Waals surface area contributed by atoms with Crippen LogP contribution >= 0.6 is 0 Å². The first kappa shape index (κ1) is 25.3. The first-order valence-electron chi connectivity index (χ1n) is 13.6. The first-order chi connectivity index (χ1) is 19.1. The molecule has 8 nitrogen and oxygen atoms in total. The van der Waals surface area contributed by atoms with Gasteiger partial charge in [0.2, 0.25) is 5.88 Å². The smallest absolute Gasteiger partial charge is 0.215 e. The number of nitrogens with one attached hydrogen (secondary N) is 1.